The van der Waals surface area contributed by atoms with Gasteiger partial charge < -0.3 is 9.84 Å². The van der Waals surface area contributed by atoms with Gasteiger partial charge in [0.1, 0.15) is 18.1 Å². The molecule has 19 heavy (non-hydrogen) atoms. The average Bonchev–Trinajstić information content (AvgIpc) is 2.78. The smallest absolute Gasteiger partial charge is 0.358 e. The Morgan fingerprint density at radius 1 is 1.47 bits per heavy atom. The molecule has 1 heterocycles. The number of rotatable bonds is 5. The van der Waals surface area contributed by atoms with Crippen LogP contribution in [-0.2, 0) is 20.1 Å². The van der Waals surface area contributed by atoms with Crippen molar-refractivity contribution in [2.75, 3.05) is 0 Å². The minimum absolute atomic E-state index is 0.0749. The summed E-state index contributed by atoms with van der Waals surface area (Å²) in [5, 5.41) is 16.3. The van der Waals surface area contributed by atoms with E-state index in [0.29, 0.717) is 11.4 Å². The molecule has 0 aliphatic carbocycles. The van der Waals surface area contributed by atoms with Gasteiger partial charge in [0, 0.05) is 7.05 Å². The predicted molar refractivity (Wildman–Crippen MR) is 68.1 cm³/mol. The summed E-state index contributed by atoms with van der Waals surface area (Å²) < 4.78 is 7.01. The van der Waals surface area contributed by atoms with E-state index in [9.17, 15) is 4.79 Å². The topological polar surface area (TPSA) is 77.2 Å². The van der Waals surface area contributed by atoms with Crippen LogP contribution in [0.25, 0.3) is 0 Å². The van der Waals surface area contributed by atoms with Gasteiger partial charge in [-0.3, -0.25) is 0 Å². The standard InChI is InChI=1S/C13H15N3O3/c1-3-9-5-4-6-10(7-9)19-8-11-12(13(17)18)14-15-16(11)2/h4-7H,3,8H2,1-2H3,(H,17,18). The Kier molecular flexibility index (Phi) is 3.79. The van der Waals surface area contributed by atoms with Crippen LogP contribution < -0.4 is 4.74 Å². The second-order valence-corrected chi connectivity index (χ2v) is 4.10. The van der Waals surface area contributed by atoms with Crippen molar-refractivity contribution in [3.8, 4) is 5.75 Å². The third-order valence-corrected chi connectivity index (χ3v) is 2.83. The Morgan fingerprint density at radius 2 is 2.26 bits per heavy atom. The molecule has 0 aliphatic heterocycles. The molecule has 0 spiro atoms. The van der Waals surface area contributed by atoms with Gasteiger partial charge in [0.05, 0.1) is 0 Å². The molecule has 0 bridgehead atoms. The zero-order valence-electron chi connectivity index (χ0n) is 10.8. The van der Waals surface area contributed by atoms with Crippen LogP contribution in [0.2, 0.25) is 0 Å². The second-order valence-electron chi connectivity index (χ2n) is 4.10. The van der Waals surface area contributed by atoms with E-state index in [1.54, 1.807) is 7.05 Å². The summed E-state index contributed by atoms with van der Waals surface area (Å²) in [7, 11) is 1.64. The quantitative estimate of drug-likeness (QED) is 0.885. The summed E-state index contributed by atoms with van der Waals surface area (Å²) in [5.41, 5.74) is 1.53. The summed E-state index contributed by atoms with van der Waals surface area (Å²) in [4.78, 5) is 11.0. The van der Waals surface area contributed by atoms with Gasteiger partial charge in [0.2, 0.25) is 0 Å². The van der Waals surface area contributed by atoms with E-state index in [2.05, 4.69) is 17.2 Å². The van der Waals surface area contributed by atoms with Gasteiger partial charge in [0.25, 0.3) is 0 Å². The Balaban J connectivity index is 2.14. The first-order chi connectivity index (χ1) is 9.11. The Hall–Kier alpha value is -2.37. The number of benzene rings is 1. The monoisotopic (exact) mass is 261 g/mol. The summed E-state index contributed by atoms with van der Waals surface area (Å²) in [6.45, 7) is 2.19. The van der Waals surface area contributed by atoms with E-state index in [0.717, 1.165) is 6.42 Å². The van der Waals surface area contributed by atoms with E-state index in [1.807, 2.05) is 24.3 Å². The highest BCUT2D eigenvalue weighted by atomic mass is 16.5. The molecule has 0 fully saturated rings. The first-order valence-electron chi connectivity index (χ1n) is 5.95. The molecule has 1 aromatic heterocycles. The van der Waals surface area contributed by atoms with Crippen LogP contribution in [0, 0.1) is 0 Å². The fourth-order valence-corrected chi connectivity index (χ4v) is 1.71. The van der Waals surface area contributed by atoms with E-state index >= 15 is 0 Å². The van der Waals surface area contributed by atoms with Gasteiger partial charge in [-0.1, -0.05) is 24.3 Å². The summed E-state index contributed by atoms with van der Waals surface area (Å²) in [6, 6.07) is 7.70. The number of aromatic nitrogens is 3. The van der Waals surface area contributed by atoms with Gasteiger partial charge in [-0.15, -0.1) is 5.10 Å². The fourth-order valence-electron chi connectivity index (χ4n) is 1.71. The molecule has 2 rings (SSSR count). The van der Waals surface area contributed by atoms with Crippen molar-refractivity contribution in [2.24, 2.45) is 7.05 Å². The highest BCUT2D eigenvalue weighted by Crippen LogP contribution is 2.16. The molecule has 6 heteroatoms. The number of carboxylic acid groups (broad SMARTS) is 1. The van der Waals surface area contributed by atoms with Crippen molar-refractivity contribution in [1.82, 2.24) is 15.0 Å². The van der Waals surface area contributed by atoms with Gasteiger partial charge in [-0.25, -0.2) is 9.48 Å². The molecule has 0 saturated carbocycles. The highest BCUT2D eigenvalue weighted by Gasteiger charge is 2.17. The lowest BCUT2D eigenvalue weighted by Crippen LogP contribution is -2.08. The van der Waals surface area contributed by atoms with Crippen LogP contribution in [0.3, 0.4) is 0 Å². The normalized spacial score (nSPS) is 10.4. The summed E-state index contributed by atoms with van der Waals surface area (Å²) in [5.74, 6) is -0.397. The maximum absolute atomic E-state index is 11.0. The largest absolute Gasteiger partial charge is 0.487 e. The highest BCUT2D eigenvalue weighted by molar-refractivity contribution is 5.86. The van der Waals surface area contributed by atoms with E-state index in [-0.39, 0.29) is 12.3 Å². The number of hydrogen-bond donors (Lipinski definition) is 1. The lowest BCUT2D eigenvalue weighted by Gasteiger charge is -2.07. The third kappa shape index (κ3) is 2.90. The molecular weight excluding hydrogens is 246 g/mol. The molecule has 0 atom stereocenters. The Bertz CT molecular complexity index is 593. The van der Waals surface area contributed by atoms with Crippen LogP contribution in [-0.4, -0.2) is 26.1 Å². The lowest BCUT2D eigenvalue weighted by atomic mass is 10.2. The van der Waals surface area contributed by atoms with Crippen LogP contribution >= 0.6 is 0 Å². The van der Waals surface area contributed by atoms with Gasteiger partial charge in [-0.05, 0) is 24.1 Å². The molecule has 0 aliphatic rings. The maximum atomic E-state index is 11.0. The van der Waals surface area contributed by atoms with Crippen molar-refractivity contribution in [2.45, 2.75) is 20.0 Å². The number of nitrogens with zero attached hydrogens (tertiary/aromatic N) is 3. The molecule has 2 aromatic rings. The summed E-state index contributed by atoms with van der Waals surface area (Å²) >= 11 is 0. The van der Waals surface area contributed by atoms with Crippen molar-refractivity contribution in [1.29, 1.82) is 0 Å². The lowest BCUT2D eigenvalue weighted by molar-refractivity contribution is 0.0687. The molecule has 6 nitrogen and oxygen atoms in total. The van der Waals surface area contributed by atoms with Gasteiger partial charge in [-0.2, -0.15) is 0 Å². The first kappa shape index (κ1) is 13.1. The average molecular weight is 261 g/mol. The maximum Gasteiger partial charge on any atom is 0.358 e. The molecular formula is C13H15N3O3. The second kappa shape index (κ2) is 5.51. The zero-order valence-corrected chi connectivity index (χ0v) is 10.8. The molecule has 1 aromatic carbocycles. The number of carbonyl (C=O) groups is 1. The van der Waals surface area contributed by atoms with E-state index < -0.39 is 5.97 Å². The van der Waals surface area contributed by atoms with Crippen LogP contribution in [0.5, 0.6) is 5.75 Å². The van der Waals surface area contributed by atoms with Crippen LogP contribution in [0.15, 0.2) is 24.3 Å². The van der Waals surface area contributed by atoms with Crippen molar-refractivity contribution in [3.05, 3.63) is 41.2 Å². The van der Waals surface area contributed by atoms with Gasteiger partial charge >= 0.3 is 5.97 Å². The zero-order chi connectivity index (χ0) is 13.8. The predicted octanol–water partition coefficient (Wildman–Crippen LogP) is 1.65. The van der Waals surface area contributed by atoms with Crippen molar-refractivity contribution in [3.63, 3.8) is 0 Å². The molecule has 100 valence electrons. The molecule has 0 radical (unpaired) electrons. The summed E-state index contributed by atoms with van der Waals surface area (Å²) in [6.07, 6.45) is 0.921. The number of ether oxygens (including phenoxy) is 1. The SMILES string of the molecule is CCc1cccc(OCc2c(C(=O)O)nnn2C)c1. The van der Waals surface area contributed by atoms with Crippen molar-refractivity contribution < 1.29 is 14.6 Å². The minimum atomic E-state index is -1.10. The van der Waals surface area contributed by atoms with Crippen molar-refractivity contribution >= 4 is 5.97 Å². The van der Waals surface area contributed by atoms with Crippen LogP contribution in [0.1, 0.15) is 28.7 Å². The molecule has 1 N–H and O–H groups in total. The Morgan fingerprint density at radius 3 is 2.95 bits per heavy atom. The number of carboxylic acids is 1. The Labute approximate surface area is 110 Å². The molecule has 0 amide bonds. The van der Waals surface area contributed by atoms with Crippen LogP contribution in [0.4, 0.5) is 0 Å². The van der Waals surface area contributed by atoms with E-state index in [1.165, 1.54) is 10.2 Å². The number of aromatic carboxylic acids is 1. The third-order valence-electron chi connectivity index (χ3n) is 2.83. The number of hydrogen-bond acceptors (Lipinski definition) is 4. The minimum Gasteiger partial charge on any atom is -0.487 e. The number of aryl methyl sites for hydroxylation is 2. The molecule has 0 saturated heterocycles. The molecule has 0 unspecified atom stereocenters. The first-order valence-corrected chi connectivity index (χ1v) is 5.95. The fraction of sp³-hybridized carbons (Fsp3) is 0.308. The van der Waals surface area contributed by atoms with Gasteiger partial charge in [0.15, 0.2) is 5.69 Å². The van der Waals surface area contributed by atoms with E-state index in [4.69, 9.17) is 9.84 Å².